The maximum Gasteiger partial charge on any atom is 4.00 e. The van der Waals surface area contributed by atoms with Crippen LogP contribution in [0.2, 0.25) is 0 Å². The number of rotatable bonds is 0. The Morgan fingerprint density at radius 3 is 0.692 bits per heavy atom. The smallest absolute Gasteiger partial charge is 0.822 e. The van der Waals surface area contributed by atoms with E-state index in [2.05, 4.69) is 0 Å². The van der Waals surface area contributed by atoms with Crippen LogP contribution >= 0.6 is 15.6 Å². The van der Waals surface area contributed by atoms with Gasteiger partial charge in [0.05, 0.1) is 0 Å². The number of hydrogen-bond acceptors (Lipinski definition) is 8. The third-order valence-corrected chi connectivity index (χ3v) is 0. The van der Waals surface area contributed by atoms with Crippen LogP contribution in [-0.2, 0) is 49.7 Å². The Morgan fingerprint density at radius 1 is 0.692 bits per heavy atom. The minimum atomic E-state index is -5.39. The van der Waals surface area contributed by atoms with Gasteiger partial charge in [-0.05, 0) is 0 Å². The van der Waals surface area contributed by atoms with Gasteiger partial charge in [-0.1, -0.05) is 0 Å². The normalized spacial score (nSPS) is 9.08. The second kappa shape index (κ2) is 11.6. The monoisotopic (exact) mass is 370 g/mol. The van der Waals surface area contributed by atoms with Crippen molar-refractivity contribution in [3.8, 4) is 0 Å². The maximum absolute atomic E-state index is 8.55. The number of phosphoric acid groups is 2. The molecule has 0 saturated carbocycles. The van der Waals surface area contributed by atoms with Gasteiger partial charge in [-0.2, -0.15) is 15.6 Å². The molecule has 0 aromatic carbocycles. The Labute approximate surface area is 100.0 Å². The predicted octanol–water partition coefficient (Wildman–Crippen LogP) is -6.48. The van der Waals surface area contributed by atoms with Crippen molar-refractivity contribution in [2.75, 3.05) is 0 Å². The van der Waals surface area contributed by atoms with Crippen molar-refractivity contribution < 1.29 is 84.5 Å². The molecule has 74 valence electrons. The summed E-state index contributed by atoms with van der Waals surface area (Å²) in [5, 5.41) is 0. The van der Waals surface area contributed by atoms with Crippen molar-refractivity contribution in [1.82, 2.24) is 0 Å². The second-order valence-corrected chi connectivity index (χ2v) is 2.68. The van der Waals surface area contributed by atoms with E-state index in [0.29, 0.717) is 0 Å². The molecule has 2 N–H and O–H groups in total. The Bertz CT molecular complexity index is 130. The second-order valence-electron chi connectivity index (χ2n) is 0.894. The van der Waals surface area contributed by atoms with Gasteiger partial charge in [0.15, 0.2) is 0 Å². The standard InChI is InChI=1S/Mo.2H3O4P.H2O.Zn/c;2*1-5(2,3)4;;/h;2*(H3,1,2,3,4);1H2;/q+4;;;;+2/p-6. The van der Waals surface area contributed by atoms with Gasteiger partial charge >= 0.3 is 40.5 Å². The Balaban J connectivity index is -0.0000000267. The molecule has 0 unspecified atom stereocenters. The molecular formula is H2MoO9P2Zn. The molecule has 0 aromatic rings. The van der Waals surface area contributed by atoms with Gasteiger partial charge in [0.25, 0.3) is 0 Å². The molecule has 0 aromatic heterocycles. The van der Waals surface area contributed by atoms with E-state index in [-0.39, 0.29) is 46.0 Å². The van der Waals surface area contributed by atoms with Crippen molar-refractivity contribution in [3.63, 3.8) is 0 Å². The van der Waals surface area contributed by atoms with Gasteiger partial charge in [0.2, 0.25) is 0 Å². The van der Waals surface area contributed by atoms with E-state index < -0.39 is 15.6 Å². The molecule has 0 atom stereocenters. The third-order valence-electron chi connectivity index (χ3n) is 0. The molecule has 0 aliphatic rings. The molecule has 0 heterocycles. The first-order valence-corrected chi connectivity index (χ1v) is 4.38. The molecule has 0 aliphatic heterocycles. The summed E-state index contributed by atoms with van der Waals surface area (Å²) >= 11 is 0. The van der Waals surface area contributed by atoms with Crippen molar-refractivity contribution in [2.24, 2.45) is 0 Å². The third kappa shape index (κ3) is 801. The summed E-state index contributed by atoms with van der Waals surface area (Å²) < 4.78 is 17.1. The van der Waals surface area contributed by atoms with Crippen LogP contribution in [0.1, 0.15) is 0 Å². The van der Waals surface area contributed by atoms with Gasteiger partial charge in [-0.3, -0.25) is 0 Å². The van der Waals surface area contributed by atoms with Crippen LogP contribution in [0.15, 0.2) is 0 Å². The summed E-state index contributed by atoms with van der Waals surface area (Å²) in [6, 6.07) is 0. The fraction of sp³-hybridized carbons (Fsp3) is 0. The van der Waals surface area contributed by atoms with Crippen LogP contribution in [0.5, 0.6) is 0 Å². The van der Waals surface area contributed by atoms with Gasteiger partial charge in [-0.15, -0.1) is 0 Å². The zero-order valence-corrected chi connectivity index (χ0v) is 12.5. The molecule has 0 radical (unpaired) electrons. The maximum atomic E-state index is 8.55. The quantitative estimate of drug-likeness (QED) is 0.296. The van der Waals surface area contributed by atoms with Crippen LogP contribution in [0.4, 0.5) is 0 Å². The summed E-state index contributed by atoms with van der Waals surface area (Å²) in [6.45, 7) is 0. The number of hydrogen-bond donors (Lipinski definition) is 0. The molecule has 13 heavy (non-hydrogen) atoms. The van der Waals surface area contributed by atoms with E-state index in [0.717, 1.165) is 0 Å². The summed E-state index contributed by atoms with van der Waals surface area (Å²) in [6.07, 6.45) is 0. The topological polar surface area (TPSA) is 204 Å². The van der Waals surface area contributed by atoms with E-state index in [1.807, 2.05) is 0 Å². The van der Waals surface area contributed by atoms with E-state index >= 15 is 0 Å². The van der Waals surface area contributed by atoms with Gasteiger partial charge in [0.1, 0.15) is 0 Å². The van der Waals surface area contributed by atoms with E-state index in [4.69, 9.17) is 38.5 Å². The van der Waals surface area contributed by atoms with E-state index in [1.54, 1.807) is 0 Å². The predicted molar refractivity (Wildman–Crippen MR) is 18.8 cm³/mol. The molecular weight excluding hydrogens is 367 g/mol. The first-order valence-electron chi connectivity index (χ1n) is 1.46. The molecule has 13 heteroatoms. The van der Waals surface area contributed by atoms with E-state index in [1.165, 1.54) is 0 Å². The minimum absolute atomic E-state index is 0. The van der Waals surface area contributed by atoms with Crippen LogP contribution < -0.4 is 29.4 Å². The summed E-state index contributed by atoms with van der Waals surface area (Å²) in [5.41, 5.74) is 0. The first-order chi connectivity index (χ1) is 4.00. The summed E-state index contributed by atoms with van der Waals surface area (Å²) in [5.74, 6) is 0. The molecule has 0 spiro atoms. The van der Waals surface area contributed by atoms with Gasteiger partial charge in [-0.25, -0.2) is 0 Å². The van der Waals surface area contributed by atoms with Crippen LogP contribution in [0, 0.1) is 0 Å². The van der Waals surface area contributed by atoms with Crippen molar-refractivity contribution in [2.45, 2.75) is 0 Å². The van der Waals surface area contributed by atoms with Crippen LogP contribution in [-0.4, -0.2) is 5.48 Å². The molecule has 0 aliphatic carbocycles. The average molecular weight is 369 g/mol. The molecule has 0 rings (SSSR count). The molecule has 0 amide bonds. The van der Waals surface area contributed by atoms with Crippen LogP contribution in [0.3, 0.4) is 0 Å². The van der Waals surface area contributed by atoms with Gasteiger partial charge in [0, 0.05) is 0 Å². The SMILES string of the molecule is O.O=P([O-])([O-])[O-].O=P([O-])([O-])[O-].[Mo+4].[Zn+2]. The largest absolute Gasteiger partial charge is 4.00 e. The van der Waals surface area contributed by atoms with Gasteiger partial charge < -0.3 is 44.0 Å². The van der Waals surface area contributed by atoms with Crippen molar-refractivity contribution in [3.05, 3.63) is 0 Å². The fourth-order valence-corrected chi connectivity index (χ4v) is 0. The molecule has 0 bridgehead atoms. The fourth-order valence-electron chi connectivity index (χ4n) is 0. The summed E-state index contributed by atoms with van der Waals surface area (Å²) in [7, 11) is -10.8. The zero-order valence-electron chi connectivity index (χ0n) is 5.78. The Kier molecular flexibility index (Phi) is 26.0. The zero-order chi connectivity index (χ0) is 9.00. The first kappa shape index (κ1) is 29.3. The average Bonchev–Trinajstić information content (AvgIpc) is 1.12. The van der Waals surface area contributed by atoms with Crippen molar-refractivity contribution in [1.29, 1.82) is 0 Å². The molecule has 0 fully saturated rings. The molecule has 9 nitrogen and oxygen atoms in total. The summed E-state index contributed by atoms with van der Waals surface area (Å²) in [4.78, 5) is 51.3. The minimum Gasteiger partial charge on any atom is -0.822 e. The molecule has 0 saturated heterocycles. The van der Waals surface area contributed by atoms with E-state index in [9.17, 15) is 0 Å². The Hall–Kier alpha value is 1.49. The Morgan fingerprint density at radius 2 is 0.692 bits per heavy atom. The van der Waals surface area contributed by atoms with Crippen LogP contribution in [0.25, 0.3) is 0 Å². The van der Waals surface area contributed by atoms with Crippen molar-refractivity contribution >= 4 is 15.6 Å².